The highest BCUT2D eigenvalue weighted by Gasteiger charge is 2.31. The molecule has 1 amide bonds. The number of nitrogens with zero attached hydrogens (tertiary/aromatic N) is 3. The highest BCUT2D eigenvalue weighted by Crippen LogP contribution is 2.37. The highest BCUT2D eigenvalue weighted by atomic mass is 16.5. The number of likely N-dealkylation sites (N-methyl/N-ethyl adjacent to an activating group) is 1. The van der Waals surface area contributed by atoms with Crippen LogP contribution in [0.1, 0.15) is 38.8 Å². The van der Waals surface area contributed by atoms with Crippen LogP contribution in [0.3, 0.4) is 0 Å². The molecule has 0 saturated carbocycles. The van der Waals surface area contributed by atoms with Gasteiger partial charge >= 0.3 is 0 Å². The number of carbonyl (C=O) groups is 1. The van der Waals surface area contributed by atoms with E-state index in [0.717, 1.165) is 27.6 Å². The van der Waals surface area contributed by atoms with E-state index in [0.29, 0.717) is 42.6 Å². The number of carbonyl (C=O) groups excluding carboxylic acids is 1. The summed E-state index contributed by atoms with van der Waals surface area (Å²) in [7, 11) is 1.75. The van der Waals surface area contributed by atoms with E-state index in [9.17, 15) is 4.79 Å². The number of terminal acetylenes is 1. The quantitative estimate of drug-likeness (QED) is 0.681. The molecule has 7 nitrogen and oxygen atoms in total. The number of fused-ring (bicyclic) bond motifs is 4. The molecule has 0 saturated heterocycles. The molecule has 1 atom stereocenters. The Morgan fingerprint density at radius 3 is 2.97 bits per heavy atom. The van der Waals surface area contributed by atoms with Crippen LogP contribution in [0, 0.1) is 12.3 Å². The molecule has 2 N–H and O–H groups in total. The van der Waals surface area contributed by atoms with Gasteiger partial charge in [0.1, 0.15) is 23.9 Å². The van der Waals surface area contributed by atoms with Crippen molar-refractivity contribution in [3.05, 3.63) is 58.4 Å². The Morgan fingerprint density at radius 2 is 2.14 bits per heavy atom. The Kier molecular flexibility index (Phi) is 3.89. The predicted molar refractivity (Wildman–Crippen MR) is 107 cm³/mol. The molecule has 3 aromatic rings. The summed E-state index contributed by atoms with van der Waals surface area (Å²) in [5.74, 6) is 3.57. The third-order valence-electron chi connectivity index (χ3n) is 5.56. The molecule has 2 aliphatic rings. The van der Waals surface area contributed by atoms with Crippen molar-refractivity contribution in [3.63, 3.8) is 0 Å². The molecule has 7 heteroatoms. The molecule has 0 fully saturated rings. The van der Waals surface area contributed by atoms with Gasteiger partial charge in [0.15, 0.2) is 0 Å². The molecule has 1 aromatic carbocycles. The van der Waals surface area contributed by atoms with Crippen LogP contribution in [0.5, 0.6) is 5.75 Å². The second-order valence-corrected chi connectivity index (χ2v) is 7.17. The van der Waals surface area contributed by atoms with Crippen LogP contribution < -0.4 is 10.5 Å². The number of benzene rings is 1. The highest BCUT2D eigenvalue weighted by molar-refractivity contribution is 5.97. The molecule has 2 aliphatic heterocycles. The number of amides is 1. The van der Waals surface area contributed by atoms with E-state index >= 15 is 0 Å². The summed E-state index contributed by atoms with van der Waals surface area (Å²) < 4.78 is 11.3. The average molecular weight is 386 g/mol. The lowest BCUT2D eigenvalue weighted by molar-refractivity contribution is 0.0703. The van der Waals surface area contributed by atoms with E-state index in [-0.39, 0.29) is 11.9 Å². The maximum atomic E-state index is 13.2. The predicted octanol–water partition coefficient (Wildman–Crippen LogP) is 2.43. The molecule has 4 heterocycles. The van der Waals surface area contributed by atoms with Gasteiger partial charge in [-0.3, -0.25) is 4.79 Å². The van der Waals surface area contributed by atoms with Crippen LogP contribution in [-0.4, -0.2) is 34.4 Å². The standard InChI is InChI=1S/C22H18N4O3/c1-3-12-4-5-13-19(11-29-20(13)6-12)26(2)22(27)17-7-14-15-9-28-10-16(15)21(23)25-18(14)8-24-17/h1,4-8,19H,9-11H2,2H3,(H2,23,25). The monoisotopic (exact) mass is 386 g/mol. The zero-order valence-electron chi connectivity index (χ0n) is 15.8. The molecule has 0 bridgehead atoms. The summed E-state index contributed by atoms with van der Waals surface area (Å²) in [4.78, 5) is 23.5. The van der Waals surface area contributed by atoms with Gasteiger partial charge in [-0.15, -0.1) is 6.42 Å². The molecule has 0 spiro atoms. The second-order valence-electron chi connectivity index (χ2n) is 7.17. The zero-order chi connectivity index (χ0) is 20.1. The van der Waals surface area contributed by atoms with Gasteiger partial charge in [-0.2, -0.15) is 0 Å². The summed E-state index contributed by atoms with van der Waals surface area (Å²) in [5.41, 5.74) is 10.6. The van der Waals surface area contributed by atoms with Gasteiger partial charge in [0, 0.05) is 29.1 Å². The maximum absolute atomic E-state index is 13.2. The summed E-state index contributed by atoms with van der Waals surface area (Å²) in [6.45, 7) is 1.26. The van der Waals surface area contributed by atoms with Crippen molar-refractivity contribution in [1.29, 1.82) is 0 Å². The van der Waals surface area contributed by atoms with Crippen LogP contribution in [0.2, 0.25) is 0 Å². The molecule has 144 valence electrons. The Bertz CT molecular complexity index is 1210. The molecule has 0 aliphatic carbocycles. The van der Waals surface area contributed by atoms with Crippen LogP contribution in [-0.2, 0) is 18.0 Å². The fourth-order valence-corrected chi connectivity index (χ4v) is 3.92. The van der Waals surface area contributed by atoms with Gasteiger partial charge in [0.05, 0.1) is 31.0 Å². The first-order valence-corrected chi connectivity index (χ1v) is 9.22. The lowest BCUT2D eigenvalue weighted by atomic mass is 10.0. The van der Waals surface area contributed by atoms with Gasteiger partial charge in [-0.25, -0.2) is 9.97 Å². The van der Waals surface area contributed by atoms with E-state index in [2.05, 4.69) is 15.9 Å². The number of hydrogen-bond donors (Lipinski definition) is 1. The van der Waals surface area contributed by atoms with Crippen molar-refractivity contribution in [2.75, 3.05) is 19.4 Å². The SMILES string of the molecule is C#Cc1ccc2c(c1)OCC2N(C)C(=O)c1cc2c3c(c(N)nc2cn1)COC3. The average Bonchev–Trinajstić information content (AvgIpc) is 3.40. The minimum atomic E-state index is -0.208. The minimum Gasteiger partial charge on any atom is -0.491 e. The van der Waals surface area contributed by atoms with Gasteiger partial charge in [-0.1, -0.05) is 12.0 Å². The molecule has 29 heavy (non-hydrogen) atoms. The maximum Gasteiger partial charge on any atom is 0.272 e. The first-order valence-electron chi connectivity index (χ1n) is 9.22. The fourth-order valence-electron chi connectivity index (χ4n) is 3.92. The Balaban J connectivity index is 1.49. The lowest BCUT2D eigenvalue weighted by Gasteiger charge is -2.23. The first-order chi connectivity index (χ1) is 14.1. The lowest BCUT2D eigenvalue weighted by Crippen LogP contribution is -2.32. The van der Waals surface area contributed by atoms with Gasteiger partial charge < -0.3 is 20.1 Å². The van der Waals surface area contributed by atoms with E-state index in [1.54, 1.807) is 24.2 Å². The number of pyridine rings is 2. The normalized spacial score (nSPS) is 16.8. The van der Waals surface area contributed by atoms with Crippen LogP contribution in [0.25, 0.3) is 10.9 Å². The third-order valence-corrected chi connectivity index (χ3v) is 5.56. The number of nitrogens with two attached hydrogens (primary N) is 1. The Morgan fingerprint density at radius 1 is 1.31 bits per heavy atom. The van der Waals surface area contributed by atoms with Crippen molar-refractivity contribution in [2.45, 2.75) is 19.3 Å². The third kappa shape index (κ3) is 2.69. The van der Waals surface area contributed by atoms with E-state index in [1.165, 1.54) is 0 Å². The van der Waals surface area contributed by atoms with Crippen molar-refractivity contribution in [3.8, 4) is 18.1 Å². The number of hydrogen-bond acceptors (Lipinski definition) is 6. The Hall–Kier alpha value is -3.63. The molecule has 0 radical (unpaired) electrons. The topological polar surface area (TPSA) is 90.6 Å². The number of ether oxygens (including phenoxy) is 2. The number of nitrogen functional groups attached to an aromatic ring is 1. The molecule has 1 unspecified atom stereocenters. The van der Waals surface area contributed by atoms with Gasteiger partial charge in [0.2, 0.25) is 0 Å². The number of anilines is 1. The summed E-state index contributed by atoms with van der Waals surface area (Å²) >= 11 is 0. The largest absolute Gasteiger partial charge is 0.491 e. The smallest absolute Gasteiger partial charge is 0.272 e. The summed E-state index contributed by atoms with van der Waals surface area (Å²) in [6.07, 6.45) is 7.04. The van der Waals surface area contributed by atoms with Gasteiger partial charge in [-0.05, 0) is 23.8 Å². The first kappa shape index (κ1) is 17.5. The van der Waals surface area contributed by atoms with E-state index < -0.39 is 0 Å². The van der Waals surface area contributed by atoms with Crippen LogP contribution in [0.15, 0.2) is 30.5 Å². The van der Waals surface area contributed by atoms with Crippen molar-refractivity contribution in [2.24, 2.45) is 0 Å². The van der Waals surface area contributed by atoms with Crippen LogP contribution in [0.4, 0.5) is 5.82 Å². The number of rotatable bonds is 2. The minimum absolute atomic E-state index is 0.195. The molecule has 2 aromatic heterocycles. The zero-order valence-corrected chi connectivity index (χ0v) is 15.8. The second kappa shape index (κ2) is 6.47. The Labute approximate surface area is 167 Å². The summed E-state index contributed by atoms with van der Waals surface area (Å²) in [6, 6.07) is 7.15. The number of aromatic nitrogens is 2. The van der Waals surface area contributed by atoms with E-state index in [1.807, 2.05) is 18.2 Å². The van der Waals surface area contributed by atoms with Crippen LogP contribution >= 0.6 is 0 Å². The van der Waals surface area contributed by atoms with Crippen molar-refractivity contribution < 1.29 is 14.3 Å². The summed E-state index contributed by atoms with van der Waals surface area (Å²) in [5, 5.41) is 0.847. The van der Waals surface area contributed by atoms with E-state index in [4.69, 9.17) is 21.6 Å². The molecular formula is C22H18N4O3. The molecule has 5 rings (SSSR count). The molecular weight excluding hydrogens is 368 g/mol. The fraction of sp³-hybridized carbons (Fsp3) is 0.227. The van der Waals surface area contributed by atoms with Crippen molar-refractivity contribution >= 4 is 22.6 Å². The van der Waals surface area contributed by atoms with Crippen molar-refractivity contribution in [1.82, 2.24) is 14.9 Å². The van der Waals surface area contributed by atoms with Gasteiger partial charge in [0.25, 0.3) is 5.91 Å².